The fourth-order valence-electron chi connectivity index (χ4n) is 0. The molecule has 33 valence electrons. The fourth-order valence-corrected chi connectivity index (χ4v) is 0. The number of rotatable bonds is 0. The first-order chi connectivity index (χ1) is 0. The van der Waals surface area contributed by atoms with Gasteiger partial charge in [-0.1, -0.05) is 0 Å². The third-order valence-corrected chi connectivity index (χ3v) is 0. The molecule has 0 aliphatic rings. The average Bonchev–Trinajstić information content (AvgIpc) is 0. The molecule has 0 rings (SSSR count). The second kappa shape index (κ2) is 65.4. The van der Waals surface area contributed by atoms with Gasteiger partial charge >= 0.3 is 63.2 Å². The van der Waals surface area contributed by atoms with Crippen molar-refractivity contribution in [3.8, 4) is 0 Å². The van der Waals surface area contributed by atoms with E-state index in [9.17, 15) is 0 Å². The molecule has 0 aromatic rings. The van der Waals surface area contributed by atoms with Crippen molar-refractivity contribution in [2.24, 2.45) is 0 Å². The molecule has 0 saturated carbocycles. The van der Waals surface area contributed by atoms with Crippen LogP contribution in [0.1, 0.15) is 0 Å². The molecule has 1 radical (unpaired) electrons. The van der Waals surface area contributed by atoms with Crippen LogP contribution >= 0.6 is 0 Å². The van der Waals surface area contributed by atoms with Crippen LogP contribution in [0.2, 0.25) is 0 Å². The molecule has 0 heterocycles. The summed E-state index contributed by atoms with van der Waals surface area (Å²) in [6.45, 7) is 0. The third kappa shape index (κ3) is 38.7. The summed E-state index contributed by atoms with van der Waals surface area (Å²) >= 11 is 0. The minimum atomic E-state index is 0. The molecule has 0 unspecified atom stereocenters. The molecule has 6 heavy (non-hydrogen) atoms. The maximum atomic E-state index is 0. The van der Waals surface area contributed by atoms with Gasteiger partial charge in [-0.15, -0.1) is 0 Å². The largest absolute Gasteiger partial charge is 5.00 e. The minimum Gasteiger partial charge on any atom is -2.00 e. The van der Waals surface area contributed by atoms with E-state index in [2.05, 4.69) is 0 Å². The van der Waals surface area contributed by atoms with Gasteiger partial charge in [0.2, 0.25) is 0 Å². The molecule has 0 bridgehead atoms. The Morgan fingerprint density at radius 1 is 0.500 bits per heavy atom. The monoisotopic (exact) mass is 299 g/mol. The summed E-state index contributed by atoms with van der Waals surface area (Å²) < 4.78 is 0. The van der Waals surface area contributed by atoms with E-state index in [1.807, 2.05) is 0 Å². The van der Waals surface area contributed by atoms with Crippen LogP contribution in [0.4, 0.5) is 0 Å². The predicted molar refractivity (Wildman–Crippen MR) is 2.75 cm³/mol. The standard InChI is InChI=1S/Nb.Nd.4O/q+5;+3;4*-2. The van der Waals surface area contributed by atoms with E-state index in [0.29, 0.717) is 0 Å². The van der Waals surface area contributed by atoms with E-state index < -0.39 is 0 Å². The van der Waals surface area contributed by atoms with Crippen LogP contribution in [0, 0.1) is 40.8 Å². The van der Waals surface area contributed by atoms with Crippen LogP contribution in [0.3, 0.4) is 0 Å². The Morgan fingerprint density at radius 3 is 0.500 bits per heavy atom. The third-order valence-electron chi connectivity index (χ3n) is 0. The Bertz CT molecular complexity index is 7.51. The van der Waals surface area contributed by atoms with Crippen molar-refractivity contribution in [2.45, 2.75) is 0 Å². The summed E-state index contributed by atoms with van der Waals surface area (Å²) in [4.78, 5) is 0. The summed E-state index contributed by atoms with van der Waals surface area (Å²) in [5, 5.41) is 0. The zero-order valence-corrected chi connectivity index (χ0v) is 7.99. The Kier molecular flexibility index (Phi) is 1110. The molecule has 0 saturated heterocycles. The van der Waals surface area contributed by atoms with Gasteiger partial charge in [-0.2, -0.15) is 0 Å². The van der Waals surface area contributed by atoms with Gasteiger partial charge in [0.15, 0.2) is 0 Å². The maximum absolute atomic E-state index is 0. The van der Waals surface area contributed by atoms with Crippen LogP contribution in [-0.4, -0.2) is 0 Å². The first kappa shape index (κ1) is 102. The van der Waals surface area contributed by atoms with Gasteiger partial charge in [0, 0.05) is 0 Å². The summed E-state index contributed by atoms with van der Waals surface area (Å²) in [7, 11) is 0. The van der Waals surface area contributed by atoms with Crippen molar-refractivity contribution >= 4 is 0 Å². The van der Waals surface area contributed by atoms with Gasteiger partial charge in [0.25, 0.3) is 0 Å². The summed E-state index contributed by atoms with van der Waals surface area (Å²) in [5.74, 6) is 0. The molecule has 4 nitrogen and oxygen atoms in total. The van der Waals surface area contributed by atoms with Crippen LogP contribution in [-0.2, 0) is 44.3 Å². The van der Waals surface area contributed by atoms with E-state index in [1.165, 1.54) is 0 Å². The first-order valence-electron chi connectivity index (χ1n) is 0. The quantitative estimate of drug-likeness (QED) is 0.538. The predicted octanol–water partition coefficient (Wildman–Crippen LogP) is -0.478. The molecular weight excluding hydrogens is 301 g/mol. The Morgan fingerprint density at radius 2 is 0.500 bits per heavy atom. The summed E-state index contributed by atoms with van der Waals surface area (Å²) in [5.41, 5.74) is 0. The van der Waals surface area contributed by atoms with E-state index >= 15 is 0 Å². The summed E-state index contributed by atoms with van der Waals surface area (Å²) in [6, 6.07) is 0. The fraction of sp³-hybridized carbons (Fsp3) is 0. The zero-order chi connectivity index (χ0) is 0. The van der Waals surface area contributed by atoms with Gasteiger partial charge < -0.3 is 21.9 Å². The van der Waals surface area contributed by atoms with Crippen molar-refractivity contribution in [3.05, 3.63) is 0 Å². The van der Waals surface area contributed by atoms with Gasteiger partial charge in [0.1, 0.15) is 0 Å². The number of hydrogen-bond donors (Lipinski definition) is 0. The normalized spacial score (nSPS) is 0. The van der Waals surface area contributed by atoms with Crippen LogP contribution in [0.25, 0.3) is 0 Å². The molecule has 6 heteroatoms. The van der Waals surface area contributed by atoms with Crippen LogP contribution < -0.4 is 0 Å². The van der Waals surface area contributed by atoms with Gasteiger partial charge in [-0.3, -0.25) is 0 Å². The molecule has 0 aliphatic heterocycles. The topological polar surface area (TPSA) is 114 Å². The smallest absolute Gasteiger partial charge is 2.00 e. The van der Waals surface area contributed by atoms with E-state index in [4.69, 9.17) is 0 Å². The molecule has 0 aliphatic carbocycles. The van der Waals surface area contributed by atoms with E-state index in [1.54, 1.807) is 0 Å². The van der Waals surface area contributed by atoms with Crippen molar-refractivity contribution in [3.63, 3.8) is 0 Å². The molecule has 0 fully saturated rings. The second-order valence-electron chi connectivity index (χ2n) is 0. The van der Waals surface area contributed by atoms with E-state index in [-0.39, 0.29) is 85.1 Å². The molecule has 0 spiro atoms. The molecule has 0 amide bonds. The SMILES string of the molecule is [Nb+5].[Nd+3].[O-2].[O-2].[O-2].[O-2]. The minimum absolute atomic E-state index is 0. The van der Waals surface area contributed by atoms with Gasteiger partial charge in [-0.25, -0.2) is 0 Å². The Labute approximate surface area is 84.0 Å². The van der Waals surface area contributed by atoms with Gasteiger partial charge in [-0.05, 0) is 0 Å². The van der Waals surface area contributed by atoms with Gasteiger partial charge in [0.05, 0.1) is 0 Å². The number of hydrogen-bond acceptors (Lipinski definition) is 0. The van der Waals surface area contributed by atoms with E-state index in [0.717, 1.165) is 0 Å². The maximum Gasteiger partial charge on any atom is 5.00 e. The van der Waals surface area contributed by atoms with Crippen molar-refractivity contribution in [2.75, 3.05) is 0 Å². The Balaban J connectivity index is 0. The van der Waals surface area contributed by atoms with Crippen LogP contribution in [0.5, 0.6) is 0 Å². The van der Waals surface area contributed by atoms with Crippen LogP contribution in [0.15, 0.2) is 0 Å². The molecule has 0 aromatic heterocycles. The second-order valence-corrected chi connectivity index (χ2v) is 0. The molecular formula is NbNdO4. The van der Waals surface area contributed by atoms with Crippen molar-refractivity contribution in [1.82, 2.24) is 0 Å². The summed E-state index contributed by atoms with van der Waals surface area (Å²) in [6.07, 6.45) is 0. The molecule has 0 aromatic carbocycles. The average molecular weight is 301 g/mol. The molecule has 0 atom stereocenters. The Hall–Kier alpha value is 1.93. The van der Waals surface area contributed by atoms with Crippen molar-refractivity contribution < 1.29 is 85.1 Å². The first-order valence-corrected chi connectivity index (χ1v) is 0. The molecule has 0 N–H and O–H groups in total. The van der Waals surface area contributed by atoms with Crippen molar-refractivity contribution in [1.29, 1.82) is 0 Å². The zero-order valence-electron chi connectivity index (χ0n) is 2.58.